The summed E-state index contributed by atoms with van der Waals surface area (Å²) in [4.78, 5) is 186. The van der Waals surface area contributed by atoms with Gasteiger partial charge in [0.15, 0.2) is 11.9 Å². The number of aliphatic hydroxyl groups excluding tert-OH is 5. The van der Waals surface area contributed by atoms with E-state index >= 15 is 0 Å². The molecule has 40 nitrogen and oxygen atoms in total. The monoisotopic (exact) mass is 1390 g/mol. The summed E-state index contributed by atoms with van der Waals surface area (Å²) in [5.41, 5.74) is 16.3. The summed E-state index contributed by atoms with van der Waals surface area (Å²) in [5.74, 6) is -20.1. The summed E-state index contributed by atoms with van der Waals surface area (Å²) in [7, 11) is 0. The Hall–Kier alpha value is -8.77. The molecule has 0 spiro atoms. The van der Waals surface area contributed by atoms with Gasteiger partial charge in [0.1, 0.15) is 72.5 Å². The number of aliphatic hydroxyl groups is 5. The number of amides is 12. The molecule has 0 saturated carbocycles. The normalized spacial score (nSPS) is 16.1. The predicted molar refractivity (Wildman–Crippen MR) is 343 cm³/mol. The maximum absolute atomic E-state index is 14.2. The number of carboxylic acids is 2. The van der Waals surface area contributed by atoms with Crippen molar-refractivity contribution >= 4 is 107 Å². The van der Waals surface area contributed by atoms with Crippen LogP contribution in [0.5, 0.6) is 0 Å². The number of carboxylic acid groups (broad SMARTS) is 2. The highest BCUT2D eigenvalue weighted by atomic mass is 32.1. The Labute approximate surface area is 559 Å². The number of carbonyl (C=O) groups excluding carboxylic acids is 12. The molecule has 546 valence electrons. The van der Waals surface area contributed by atoms with Gasteiger partial charge >= 0.3 is 11.9 Å². The SMILES string of the molecule is CC[C@H](C)[C@H](NC(=O)[C@@H](NC(=O)[C@@H](NC(=O)[C@H](CCCNC(=N)N)NC(=O)[C@H](CC(=O)O)NC(=O)CNC(=O)[C@@H](NC(=O)[C@@H](N)CO)C(C)C)C(C)C)[C@@H](C)O)C(=O)N[C@H](C(=O)N[C@@H](CS)C(=O)N[C@@H](CCCNC(=N)N)C(=O)N[C@H](C(=O)N[C@@H](CO)C(=O)O)[C@@H](C)O)[C@@H](C)O. The fourth-order valence-corrected chi connectivity index (χ4v) is 8.77. The first-order valence-corrected chi connectivity index (χ1v) is 31.2. The number of nitrogens with one attached hydrogen (secondary N) is 16. The molecule has 0 aliphatic heterocycles. The molecule has 0 aromatic heterocycles. The van der Waals surface area contributed by atoms with E-state index in [4.69, 9.17) is 28.0 Å². The Morgan fingerprint density at radius 3 is 1.15 bits per heavy atom. The Balaban J connectivity index is 6.75. The van der Waals surface area contributed by atoms with Crippen LogP contribution in [0.25, 0.3) is 0 Å². The van der Waals surface area contributed by atoms with Crippen molar-refractivity contribution in [2.75, 3.05) is 38.6 Å². The van der Waals surface area contributed by atoms with Crippen LogP contribution in [0.2, 0.25) is 0 Å². The highest BCUT2D eigenvalue weighted by molar-refractivity contribution is 7.80. The van der Waals surface area contributed by atoms with Crippen LogP contribution < -0.4 is 91.6 Å². The van der Waals surface area contributed by atoms with Gasteiger partial charge in [0.2, 0.25) is 70.9 Å². The van der Waals surface area contributed by atoms with Crippen molar-refractivity contribution in [3.63, 3.8) is 0 Å². The molecule has 0 aromatic carbocycles. The molecule has 0 radical (unpaired) electrons. The lowest BCUT2D eigenvalue weighted by Crippen LogP contribution is -2.64. The third kappa shape index (κ3) is 31.6. The molecule has 0 bridgehead atoms. The molecular formula is C55H99N19O21S. The predicted octanol–water partition coefficient (Wildman–Crippen LogP) is -10.7. The molecular weight excluding hydrogens is 1290 g/mol. The Kier molecular flexibility index (Phi) is 40.0. The van der Waals surface area contributed by atoms with Gasteiger partial charge in [-0.15, -0.1) is 0 Å². The van der Waals surface area contributed by atoms with Crippen LogP contribution in [0.15, 0.2) is 0 Å². The number of carbonyl (C=O) groups is 14. The maximum atomic E-state index is 14.2. The van der Waals surface area contributed by atoms with Crippen molar-refractivity contribution in [1.29, 1.82) is 10.8 Å². The summed E-state index contributed by atoms with van der Waals surface area (Å²) in [6.45, 7) is 9.68. The highest BCUT2D eigenvalue weighted by Gasteiger charge is 2.40. The van der Waals surface area contributed by atoms with E-state index in [1.54, 1.807) is 20.8 Å². The second-order valence-electron chi connectivity index (χ2n) is 23.2. The topological polar surface area (TPSA) is 675 Å². The highest BCUT2D eigenvalue weighted by Crippen LogP contribution is 2.13. The molecule has 96 heavy (non-hydrogen) atoms. The van der Waals surface area contributed by atoms with E-state index < -0.39 is 235 Å². The smallest absolute Gasteiger partial charge is 0.328 e. The average Bonchev–Trinajstić information content (AvgIpc) is 0.862. The second kappa shape index (κ2) is 44.1. The molecule has 0 saturated heterocycles. The van der Waals surface area contributed by atoms with Crippen molar-refractivity contribution in [2.24, 2.45) is 35.0 Å². The fourth-order valence-electron chi connectivity index (χ4n) is 8.52. The van der Waals surface area contributed by atoms with E-state index in [1.807, 2.05) is 5.32 Å². The molecule has 0 aliphatic carbocycles. The lowest BCUT2D eigenvalue weighted by molar-refractivity contribution is -0.144. The van der Waals surface area contributed by atoms with E-state index in [1.165, 1.54) is 20.8 Å². The van der Waals surface area contributed by atoms with Crippen molar-refractivity contribution in [3.8, 4) is 0 Å². The molecule has 0 aromatic rings. The van der Waals surface area contributed by atoms with Crippen molar-refractivity contribution < 1.29 is 103 Å². The third-order valence-corrected chi connectivity index (χ3v) is 14.7. The minimum Gasteiger partial charge on any atom is -0.481 e. The van der Waals surface area contributed by atoms with Gasteiger partial charge in [0.05, 0.1) is 44.5 Å². The summed E-state index contributed by atoms with van der Waals surface area (Å²) in [6, 6.07) is -20.1. The molecule has 0 heterocycles. The Bertz CT molecular complexity index is 2690. The number of thiol groups is 1. The summed E-state index contributed by atoms with van der Waals surface area (Å²) < 4.78 is 0. The first kappa shape index (κ1) is 87.2. The Morgan fingerprint density at radius 1 is 0.427 bits per heavy atom. The van der Waals surface area contributed by atoms with Crippen LogP contribution in [0.3, 0.4) is 0 Å². The first-order valence-electron chi connectivity index (χ1n) is 30.5. The van der Waals surface area contributed by atoms with Gasteiger partial charge in [-0.25, -0.2) is 4.79 Å². The van der Waals surface area contributed by atoms with Gasteiger partial charge < -0.3 is 127 Å². The molecule has 0 rings (SSSR count). The lowest BCUT2D eigenvalue weighted by Gasteiger charge is -2.31. The maximum Gasteiger partial charge on any atom is 0.328 e. The van der Waals surface area contributed by atoms with Gasteiger partial charge in [-0.3, -0.25) is 73.1 Å². The van der Waals surface area contributed by atoms with Crippen LogP contribution in [-0.4, -0.2) is 260 Å². The zero-order valence-corrected chi connectivity index (χ0v) is 55.8. The van der Waals surface area contributed by atoms with Crippen LogP contribution in [0.4, 0.5) is 0 Å². The van der Waals surface area contributed by atoms with E-state index in [0.29, 0.717) is 0 Å². The number of guanidine groups is 2. The van der Waals surface area contributed by atoms with Gasteiger partial charge in [-0.05, 0) is 64.2 Å². The van der Waals surface area contributed by atoms with Gasteiger partial charge in [-0.1, -0.05) is 48.0 Å². The van der Waals surface area contributed by atoms with Crippen LogP contribution >= 0.6 is 12.6 Å². The molecule has 0 unspecified atom stereocenters. The lowest BCUT2D eigenvalue weighted by atomic mass is 9.96. The van der Waals surface area contributed by atoms with Crippen LogP contribution in [-0.2, 0) is 67.1 Å². The van der Waals surface area contributed by atoms with Crippen LogP contribution in [0.1, 0.15) is 101 Å². The van der Waals surface area contributed by atoms with E-state index in [9.17, 15) is 103 Å². The quantitative estimate of drug-likeness (QED) is 0.0116. The fraction of sp³-hybridized carbons (Fsp3) is 0.709. The van der Waals surface area contributed by atoms with Crippen molar-refractivity contribution in [3.05, 3.63) is 0 Å². The Morgan fingerprint density at radius 2 is 0.771 bits per heavy atom. The molecule has 0 fully saturated rings. The van der Waals surface area contributed by atoms with Crippen LogP contribution in [0, 0.1) is 28.6 Å². The van der Waals surface area contributed by atoms with Crippen molar-refractivity contribution in [2.45, 2.75) is 192 Å². The van der Waals surface area contributed by atoms with E-state index in [0.717, 1.165) is 20.8 Å². The van der Waals surface area contributed by atoms with Crippen molar-refractivity contribution in [1.82, 2.24) is 74.4 Å². The largest absolute Gasteiger partial charge is 0.481 e. The number of aliphatic carboxylic acids is 2. The number of nitrogens with two attached hydrogens (primary N) is 3. The molecule has 12 amide bonds. The van der Waals surface area contributed by atoms with E-state index in [2.05, 4.69) is 81.7 Å². The van der Waals surface area contributed by atoms with E-state index in [-0.39, 0.29) is 45.2 Å². The third-order valence-electron chi connectivity index (χ3n) is 14.3. The van der Waals surface area contributed by atoms with Gasteiger partial charge in [-0.2, -0.15) is 12.6 Å². The summed E-state index contributed by atoms with van der Waals surface area (Å²) >= 11 is 4.15. The summed E-state index contributed by atoms with van der Waals surface area (Å²) in [5, 5.41) is 117. The van der Waals surface area contributed by atoms with Gasteiger partial charge in [0.25, 0.3) is 0 Å². The molecule has 0 aliphatic rings. The molecule has 29 N–H and O–H groups in total. The summed E-state index contributed by atoms with van der Waals surface area (Å²) in [6.07, 6.45) is -6.60. The minimum absolute atomic E-state index is 0.0142. The zero-order valence-electron chi connectivity index (χ0n) is 54.9. The number of hydrogen-bond donors (Lipinski definition) is 27. The average molecular weight is 1390 g/mol. The zero-order chi connectivity index (χ0) is 74.0. The standard InChI is InChI=1S/C55H99N19O21S/c1-10-24(6)38(49(90)74-40(26(8)78)51(92)68-33(21-96)46(87)66-30(14-12-16-62-55(59)60)44(85)72-39(25(7)77)50(91)67-32(20-76)53(94)95)71-52(93)41(27(9)79)73-48(89)37(23(4)5)70-43(84)29(13-11-15-61-54(57)58)65-45(86)31(17-35(81)82)64-34(80)18-63-47(88)36(22(2)3)69-42(83)28(56)19-75/h22-33,36-41,75-79,96H,10-21,56H2,1-9H3,(H,63,88)(H,64,80)(H,65,86)(H,66,87)(H,67,91)(H,68,92)(H,69,83)(H,70,84)(H,71,93)(H,72,85)(H,73,89)(H,74,90)(H,81,82)(H,94,95)(H4,57,58,61)(H4,59,60,62)/t24-,25+,26+,27+,28-,29-,30-,31-,32-,33-,36-,37-,38-,39-,40-,41-/m0/s1. The molecule has 41 heteroatoms. The first-order chi connectivity index (χ1) is 44.7. The van der Waals surface area contributed by atoms with Gasteiger partial charge in [0, 0.05) is 18.8 Å². The second-order valence-corrected chi connectivity index (χ2v) is 23.5. The molecule has 16 atom stereocenters. The number of hydrogen-bond acceptors (Lipinski definition) is 23. The minimum atomic E-state index is -1.90. The number of rotatable bonds is 45.